The van der Waals surface area contributed by atoms with Gasteiger partial charge >= 0.3 is 17.3 Å². The number of rotatable bonds is 7. The minimum atomic E-state index is -2.66. The number of hydrogen-bond acceptors (Lipinski definition) is 4. The highest BCUT2D eigenvalue weighted by Gasteiger charge is 2.16. The van der Waals surface area contributed by atoms with Gasteiger partial charge in [-0.15, -0.1) is 0 Å². The molecule has 0 saturated heterocycles. The molecule has 0 aliphatic rings. The maximum absolute atomic E-state index is 11.4. The molecule has 0 radical (unpaired) electrons. The molecule has 0 aliphatic heterocycles. The van der Waals surface area contributed by atoms with E-state index in [0.29, 0.717) is 12.0 Å². The first kappa shape index (κ1) is 14.8. The first-order valence-electron chi connectivity index (χ1n) is 4.49. The van der Waals surface area contributed by atoms with Crippen LogP contribution in [0.2, 0.25) is 0 Å². The summed E-state index contributed by atoms with van der Waals surface area (Å²) in [4.78, 5) is 11.4. The minimum Gasteiger partial charge on any atom is -0.396 e. The molecule has 0 bridgehead atoms. The zero-order valence-electron chi connectivity index (χ0n) is 8.72. The molecule has 0 saturated carbocycles. The van der Waals surface area contributed by atoms with Crippen molar-refractivity contribution in [2.45, 2.75) is 12.8 Å². The van der Waals surface area contributed by atoms with Crippen LogP contribution < -0.4 is 0 Å². The van der Waals surface area contributed by atoms with Crippen molar-refractivity contribution in [1.29, 1.82) is 0 Å². The van der Waals surface area contributed by atoms with E-state index >= 15 is 0 Å². The third kappa shape index (κ3) is 5.01. The Hall–Kier alpha value is -1.24. The first-order valence-corrected chi connectivity index (χ1v) is 5.52. The van der Waals surface area contributed by atoms with Gasteiger partial charge in [-0.1, -0.05) is 25.3 Å². The van der Waals surface area contributed by atoms with Crippen molar-refractivity contribution in [3.8, 4) is 0 Å². The number of hydrogen-bond donors (Lipinski definition) is 2. The van der Waals surface area contributed by atoms with Gasteiger partial charge in [0, 0.05) is 12.2 Å². The van der Waals surface area contributed by atoms with E-state index < -0.39 is 17.3 Å². The van der Waals surface area contributed by atoms with Crippen LogP contribution in [-0.4, -0.2) is 26.4 Å². The third-order valence-corrected chi connectivity index (χ3v) is 2.06. The summed E-state index contributed by atoms with van der Waals surface area (Å²) in [6, 6.07) is 0. The van der Waals surface area contributed by atoms with Gasteiger partial charge in [0.1, 0.15) is 0 Å². The SMILES string of the molecule is C=CC(C=C)=C(CCCO)C(=O)OS(=O)O. The summed E-state index contributed by atoms with van der Waals surface area (Å²) in [5.74, 6) is -0.913. The molecule has 0 aromatic carbocycles. The summed E-state index contributed by atoms with van der Waals surface area (Å²) in [6.45, 7) is 6.87. The van der Waals surface area contributed by atoms with Gasteiger partial charge in [-0.3, -0.25) is 4.55 Å². The van der Waals surface area contributed by atoms with E-state index in [-0.39, 0.29) is 18.6 Å². The average Bonchev–Trinajstić information content (AvgIpc) is 2.23. The number of allylic oxidation sites excluding steroid dienone is 3. The zero-order valence-corrected chi connectivity index (χ0v) is 9.53. The number of aliphatic hydroxyl groups excluding tert-OH is 1. The highest BCUT2D eigenvalue weighted by Crippen LogP contribution is 2.15. The molecule has 5 nitrogen and oxygen atoms in total. The van der Waals surface area contributed by atoms with Gasteiger partial charge in [0.25, 0.3) is 0 Å². The van der Waals surface area contributed by atoms with Crippen molar-refractivity contribution >= 4 is 17.3 Å². The van der Waals surface area contributed by atoms with Crippen molar-refractivity contribution in [2.24, 2.45) is 0 Å². The Bertz CT molecular complexity index is 322. The van der Waals surface area contributed by atoms with Crippen LogP contribution in [0.4, 0.5) is 0 Å². The summed E-state index contributed by atoms with van der Waals surface area (Å²) in [6.07, 6.45) is 3.34. The van der Waals surface area contributed by atoms with Crippen LogP contribution in [0.5, 0.6) is 0 Å². The third-order valence-electron chi connectivity index (χ3n) is 1.77. The highest BCUT2D eigenvalue weighted by molar-refractivity contribution is 7.74. The standard InChI is InChI=1S/C10H14O5S/c1-3-8(4-2)9(6-5-7-11)10(12)15-16(13)14/h3-4,11H,1-2,5-7H2,(H,13,14). The van der Waals surface area contributed by atoms with Gasteiger partial charge in [0.2, 0.25) is 0 Å². The number of carbonyl (C=O) groups excluding carboxylic acids is 1. The average molecular weight is 246 g/mol. The van der Waals surface area contributed by atoms with Crippen LogP contribution in [0.15, 0.2) is 36.5 Å². The second-order valence-electron chi connectivity index (χ2n) is 2.76. The molecule has 0 heterocycles. The maximum atomic E-state index is 11.4. The molecule has 16 heavy (non-hydrogen) atoms. The molecule has 1 unspecified atom stereocenters. The van der Waals surface area contributed by atoms with Crippen LogP contribution in [0, 0.1) is 0 Å². The van der Waals surface area contributed by atoms with E-state index in [1.54, 1.807) is 0 Å². The first-order chi connectivity index (χ1) is 7.56. The lowest BCUT2D eigenvalue weighted by Gasteiger charge is -2.07. The molecule has 2 N–H and O–H groups in total. The van der Waals surface area contributed by atoms with Crippen LogP contribution in [-0.2, 0) is 20.3 Å². The number of carbonyl (C=O) groups is 1. The molecule has 6 heteroatoms. The van der Waals surface area contributed by atoms with Gasteiger partial charge in [0.15, 0.2) is 0 Å². The van der Waals surface area contributed by atoms with E-state index in [9.17, 15) is 9.00 Å². The largest absolute Gasteiger partial charge is 0.396 e. The molecule has 0 amide bonds. The lowest BCUT2D eigenvalue weighted by molar-refractivity contribution is -0.129. The molecule has 0 rings (SSSR count). The smallest absolute Gasteiger partial charge is 0.360 e. The molecule has 90 valence electrons. The van der Waals surface area contributed by atoms with Gasteiger partial charge in [0.05, 0.1) is 0 Å². The topological polar surface area (TPSA) is 83.8 Å². The maximum Gasteiger partial charge on any atom is 0.360 e. The molecule has 1 atom stereocenters. The summed E-state index contributed by atoms with van der Waals surface area (Å²) in [7, 11) is 0. The van der Waals surface area contributed by atoms with Crippen molar-refractivity contribution < 1.29 is 22.8 Å². The molecule has 0 fully saturated rings. The predicted molar refractivity (Wildman–Crippen MR) is 60.6 cm³/mol. The second kappa shape index (κ2) is 7.98. The van der Waals surface area contributed by atoms with E-state index in [4.69, 9.17) is 9.66 Å². The highest BCUT2D eigenvalue weighted by atomic mass is 32.2. The van der Waals surface area contributed by atoms with Crippen LogP contribution in [0.1, 0.15) is 12.8 Å². The van der Waals surface area contributed by atoms with Gasteiger partial charge in [-0.25, -0.2) is 4.79 Å². The lowest BCUT2D eigenvalue weighted by atomic mass is 10.0. The van der Waals surface area contributed by atoms with Gasteiger partial charge in [-0.05, 0) is 18.4 Å². The van der Waals surface area contributed by atoms with E-state index in [0.717, 1.165) is 0 Å². The molecular formula is C10H14O5S. The Morgan fingerprint density at radius 1 is 1.38 bits per heavy atom. The summed E-state index contributed by atoms with van der Waals surface area (Å²) >= 11 is -2.66. The minimum absolute atomic E-state index is 0.0967. The summed E-state index contributed by atoms with van der Waals surface area (Å²) in [5.41, 5.74) is 0.588. The number of aliphatic hydroxyl groups is 1. The van der Waals surface area contributed by atoms with Crippen molar-refractivity contribution in [3.63, 3.8) is 0 Å². The Balaban J connectivity index is 4.98. The Morgan fingerprint density at radius 2 is 1.94 bits per heavy atom. The molecule has 0 aromatic heterocycles. The molecular weight excluding hydrogens is 232 g/mol. The van der Waals surface area contributed by atoms with Crippen molar-refractivity contribution in [3.05, 3.63) is 36.5 Å². The zero-order chi connectivity index (χ0) is 12.6. The van der Waals surface area contributed by atoms with E-state index in [2.05, 4.69) is 17.3 Å². The normalized spacial score (nSPS) is 11.4. The van der Waals surface area contributed by atoms with E-state index in [1.807, 2.05) is 0 Å². The van der Waals surface area contributed by atoms with Crippen molar-refractivity contribution in [2.75, 3.05) is 6.61 Å². The lowest BCUT2D eigenvalue weighted by Crippen LogP contribution is -2.11. The Morgan fingerprint density at radius 3 is 2.31 bits per heavy atom. The van der Waals surface area contributed by atoms with Crippen LogP contribution >= 0.6 is 0 Å². The van der Waals surface area contributed by atoms with Crippen LogP contribution in [0.25, 0.3) is 0 Å². The molecule has 0 aliphatic carbocycles. The Kier molecular flexibility index (Phi) is 7.36. The Labute approximate surface area is 96.6 Å². The molecule has 0 spiro atoms. The summed E-state index contributed by atoms with van der Waals surface area (Å²) in [5, 5.41) is 8.67. The van der Waals surface area contributed by atoms with Crippen LogP contribution in [0.3, 0.4) is 0 Å². The van der Waals surface area contributed by atoms with Gasteiger partial charge in [-0.2, -0.15) is 4.21 Å². The summed E-state index contributed by atoms with van der Waals surface area (Å²) < 4.78 is 22.9. The fourth-order valence-electron chi connectivity index (χ4n) is 1.06. The fraction of sp³-hybridized carbons (Fsp3) is 0.300. The predicted octanol–water partition coefficient (Wildman–Crippen LogP) is 1.11. The monoisotopic (exact) mass is 246 g/mol. The molecule has 0 aromatic rings. The van der Waals surface area contributed by atoms with E-state index in [1.165, 1.54) is 12.2 Å². The fourth-order valence-corrected chi connectivity index (χ4v) is 1.29. The van der Waals surface area contributed by atoms with Crippen molar-refractivity contribution in [1.82, 2.24) is 0 Å². The van der Waals surface area contributed by atoms with Gasteiger partial charge < -0.3 is 9.29 Å². The quantitative estimate of drug-likeness (QED) is 0.399. The second-order valence-corrected chi connectivity index (χ2v) is 3.36.